The number of amides is 1. The molecule has 0 aromatic carbocycles. The van der Waals surface area contributed by atoms with Crippen LogP contribution in [-0.2, 0) is 4.79 Å². The zero-order valence-corrected chi connectivity index (χ0v) is 16.2. The molecule has 3 aromatic heterocycles. The number of hydrogen-bond acceptors (Lipinski definition) is 7. The summed E-state index contributed by atoms with van der Waals surface area (Å²) in [6, 6.07) is 4.04. The number of hydrogen-bond donors (Lipinski definition) is 3. The van der Waals surface area contributed by atoms with Gasteiger partial charge < -0.3 is 20.9 Å². The quantitative estimate of drug-likeness (QED) is 0.575. The van der Waals surface area contributed by atoms with Gasteiger partial charge >= 0.3 is 0 Å². The van der Waals surface area contributed by atoms with Gasteiger partial charge in [-0.3, -0.25) is 4.79 Å². The minimum absolute atomic E-state index is 0.274. The molecule has 28 heavy (non-hydrogen) atoms. The van der Waals surface area contributed by atoms with E-state index in [-0.39, 0.29) is 5.91 Å². The van der Waals surface area contributed by atoms with Crippen molar-refractivity contribution >= 4 is 34.5 Å². The highest BCUT2D eigenvalue weighted by atomic mass is 16.1. The number of fused-ring (bicyclic) bond motifs is 1. The van der Waals surface area contributed by atoms with Crippen molar-refractivity contribution in [1.82, 2.24) is 24.5 Å². The van der Waals surface area contributed by atoms with Gasteiger partial charge in [0.05, 0.1) is 17.1 Å². The Balaban J connectivity index is 1.53. The molecule has 1 fully saturated rings. The van der Waals surface area contributed by atoms with Crippen molar-refractivity contribution in [2.45, 2.75) is 39.7 Å². The van der Waals surface area contributed by atoms with Crippen molar-refractivity contribution in [3.8, 4) is 0 Å². The minimum Gasteiger partial charge on any atom is -0.369 e. The summed E-state index contributed by atoms with van der Waals surface area (Å²) in [6.45, 7) is 6.70. The third-order valence-corrected chi connectivity index (χ3v) is 5.14. The van der Waals surface area contributed by atoms with Gasteiger partial charge in [-0.15, -0.1) is 0 Å². The highest BCUT2D eigenvalue weighted by Gasteiger charge is 2.48. The third-order valence-electron chi connectivity index (χ3n) is 5.14. The predicted molar refractivity (Wildman–Crippen MR) is 107 cm³/mol. The Kier molecular flexibility index (Phi) is 4.37. The molecule has 1 saturated carbocycles. The van der Waals surface area contributed by atoms with Crippen molar-refractivity contribution in [2.75, 3.05) is 17.2 Å². The fourth-order valence-corrected chi connectivity index (χ4v) is 3.39. The summed E-state index contributed by atoms with van der Waals surface area (Å²) < 4.78 is 2.17. The number of pyridine rings is 1. The van der Waals surface area contributed by atoms with E-state index in [1.807, 2.05) is 13.0 Å². The zero-order valence-electron chi connectivity index (χ0n) is 16.2. The van der Waals surface area contributed by atoms with Crippen LogP contribution in [0.15, 0.2) is 24.5 Å². The van der Waals surface area contributed by atoms with Crippen LogP contribution in [0.25, 0.3) is 11.0 Å². The molecular weight excluding hydrogens is 356 g/mol. The van der Waals surface area contributed by atoms with Crippen LogP contribution in [0.5, 0.6) is 0 Å². The van der Waals surface area contributed by atoms with Crippen LogP contribution in [0, 0.1) is 12.3 Å². The van der Waals surface area contributed by atoms with Gasteiger partial charge in [0.2, 0.25) is 11.9 Å². The van der Waals surface area contributed by atoms with Crippen molar-refractivity contribution < 1.29 is 4.79 Å². The number of rotatable bonds is 7. The maximum Gasteiger partial charge on any atom is 0.225 e. The third kappa shape index (κ3) is 3.35. The second-order valence-corrected chi connectivity index (χ2v) is 7.57. The molecule has 0 saturated heterocycles. The summed E-state index contributed by atoms with van der Waals surface area (Å²) >= 11 is 0. The molecule has 9 nitrogen and oxygen atoms in total. The first-order valence-corrected chi connectivity index (χ1v) is 9.36. The van der Waals surface area contributed by atoms with E-state index in [1.165, 1.54) is 0 Å². The van der Waals surface area contributed by atoms with Gasteiger partial charge in [0.25, 0.3) is 0 Å². The summed E-state index contributed by atoms with van der Waals surface area (Å²) in [6.07, 6.45) is 5.02. The summed E-state index contributed by atoms with van der Waals surface area (Å²) in [7, 11) is 0. The Morgan fingerprint density at radius 3 is 2.75 bits per heavy atom. The van der Waals surface area contributed by atoms with Gasteiger partial charge in [-0.05, 0) is 39.7 Å². The molecule has 3 heterocycles. The molecule has 0 atom stereocenters. The van der Waals surface area contributed by atoms with Crippen LogP contribution in [-0.4, -0.2) is 37.0 Å². The number of primary amides is 1. The summed E-state index contributed by atoms with van der Waals surface area (Å²) in [5.41, 5.74) is 6.90. The van der Waals surface area contributed by atoms with Gasteiger partial charge in [0.1, 0.15) is 23.0 Å². The van der Waals surface area contributed by atoms with Crippen molar-refractivity contribution in [3.63, 3.8) is 0 Å². The number of anilines is 3. The van der Waals surface area contributed by atoms with Crippen molar-refractivity contribution in [2.24, 2.45) is 11.1 Å². The van der Waals surface area contributed by atoms with Crippen molar-refractivity contribution in [3.05, 3.63) is 30.4 Å². The molecule has 0 spiro atoms. The Bertz CT molecular complexity index is 1040. The Hall–Kier alpha value is -3.23. The zero-order chi connectivity index (χ0) is 19.9. The largest absolute Gasteiger partial charge is 0.369 e. The molecule has 3 aromatic rings. The number of aryl methyl sites for hydroxylation is 1. The monoisotopic (exact) mass is 380 g/mol. The van der Waals surface area contributed by atoms with Crippen LogP contribution in [0.2, 0.25) is 0 Å². The lowest BCUT2D eigenvalue weighted by molar-refractivity contribution is -0.122. The average molecular weight is 380 g/mol. The van der Waals surface area contributed by atoms with Gasteiger partial charge in [0, 0.05) is 24.8 Å². The Morgan fingerprint density at radius 1 is 1.29 bits per heavy atom. The number of carbonyl (C=O) groups excluding carboxylic acids is 1. The minimum atomic E-state index is -0.452. The second kappa shape index (κ2) is 6.74. The van der Waals surface area contributed by atoms with E-state index in [0.717, 1.165) is 29.7 Å². The highest BCUT2D eigenvalue weighted by Crippen LogP contribution is 2.45. The number of nitrogens with two attached hydrogens (primary N) is 1. The Morgan fingerprint density at radius 2 is 2.07 bits per heavy atom. The molecule has 0 aliphatic heterocycles. The predicted octanol–water partition coefficient (Wildman–Crippen LogP) is 2.53. The standard InChI is InChI=1S/C19H24N8O/c1-11(2)27-12(3)24-13-9-22-16(8-14(13)27)25-15-4-7-21-18(26-15)23-10-19(5-6-19)17(20)28/h4,7-9,11H,5-6,10H2,1-3H3,(H2,20,28)(H2,21,22,23,25,26). The lowest BCUT2D eigenvalue weighted by Gasteiger charge is -2.13. The van der Waals surface area contributed by atoms with Gasteiger partial charge in [-0.25, -0.2) is 15.0 Å². The first kappa shape index (κ1) is 18.1. The number of carbonyl (C=O) groups is 1. The fourth-order valence-electron chi connectivity index (χ4n) is 3.39. The molecule has 1 amide bonds. The van der Waals surface area contributed by atoms with Crippen LogP contribution in [0.1, 0.15) is 38.6 Å². The van der Waals surface area contributed by atoms with Crippen LogP contribution in [0.3, 0.4) is 0 Å². The fraction of sp³-hybridized carbons (Fsp3) is 0.421. The number of imidazole rings is 1. The van der Waals surface area contributed by atoms with Crippen molar-refractivity contribution in [1.29, 1.82) is 0 Å². The molecule has 146 valence electrons. The van der Waals surface area contributed by atoms with E-state index in [0.29, 0.717) is 30.2 Å². The topological polar surface area (TPSA) is 124 Å². The number of aromatic nitrogens is 5. The van der Waals surface area contributed by atoms with Gasteiger partial charge in [0.15, 0.2) is 0 Å². The van der Waals surface area contributed by atoms with Gasteiger partial charge in [-0.2, -0.15) is 4.98 Å². The molecule has 4 N–H and O–H groups in total. The lowest BCUT2D eigenvalue weighted by atomic mass is 10.1. The molecular formula is C19H24N8O. The van der Waals surface area contributed by atoms with E-state index < -0.39 is 5.41 Å². The SMILES string of the molecule is Cc1nc2cnc(Nc3ccnc(NCC4(C(N)=O)CC4)n3)cc2n1C(C)C. The number of nitrogens with one attached hydrogen (secondary N) is 2. The summed E-state index contributed by atoms with van der Waals surface area (Å²) in [5, 5.41) is 6.33. The molecule has 0 unspecified atom stereocenters. The molecule has 1 aliphatic carbocycles. The van der Waals surface area contributed by atoms with E-state index in [2.05, 4.69) is 49.0 Å². The molecule has 9 heteroatoms. The first-order chi connectivity index (χ1) is 13.4. The summed E-state index contributed by atoms with van der Waals surface area (Å²) in [4.78, 5) is 29.2. The average Bonchev–Trinajstić information content (AvgIpc) is 3.37. The van der Waals surface area contributed by atoms with Crippen LogP contribution >= 0.6 is 0 Å². The Labute approximate surface area is 162 Å². The van der Waals surface area contributed by atoms with E-state index in [9.17, 15) is 4.79 Å². The molecule has 4 rings (SSSR count). The van der Waals surface area contributed by atoms with E-state index in [1.54, 1.807) is 18.5 Å². The van der Waals surface area contributed by atoms with Gasteiger partial charge in [-0.1, -0.05) is 0 Å². The van der Waals surface area contributed by atoms with E-state index in [4.69, 9.17) is 5.73 Å². The summed E-state index contributed by atoms with van der Waals surface area (Å²) in [5.74, 6) is 2.42. The first-order valence-electron chi connectivity index (χ1n) is 9.36. The maximum atomic E-state index is 11.5. The molecule has 0 bridgehead atoms. The molecule has 0 radical (unpaired) electrons. The highest BCUT2D eigenvalue weighted by molar-refractivity contribution is 5.84. The van der Waals surface area contributed by atoms with E-state index >= 15 is 0 Å². The smallest absolute Gasteiger partial charge is 0.225 e. The maximum absolute atomic E-state index is 11.5. The van der Waals surface area contributed by atoms with Crippen LogP contribution < -0.4 is 16.4 Å². The van der Waals surface area contributed by atoms with Crippen LogP contribution in [0.4, 0.5) is 17.6 Å². The molecule has 1 aliphatic rings. The number of nitrogens with zero attached hydrogens (tertiary/aromatic N) is 5. The lowest BCUT2D eigenvalue weighted by Crippen LogP contribution is -2.31. The second-order valence-electron chi connectivity index (χ2n) is 7.57. The normalized spacial score (nSPS) is 15.0.